The topological polar surface area (TPSA) is 55.6 Å². The lowest BCUT2D eigenvalue weighted by atomic mass is 10.1. The molecule has 3 rings (SSSR count). The van der Waals surface area contributed by atoms with Crippen LogP contribution >= 0.6 is 0 Å². The molecule has 0 aliphatic rings. The van der Waals surface area contributed by atoms with Crippen LogP contribution in [0.5, 0.6) is 5.75 Å². The molecular weight excluding hydrogens is 354 g/mol. The normalized spacial score (nSPS) is 10.7. The van der Waals surface area contributed by atoms with Gasteiger partial charge >= 0.3 is 0 Å². The quantitative estimate of drug-likeness (QED) is 0.665. The molecule has 7 heteroatoms. The maximum absolute atomic E-state index is 13.4. The Bertz CT molecular complexity index is 948. The molecule has 140 valence electrons. The van der Waals surface area contributed by atoms with E-state index in [2.05, 4.69) is 5.16 Å². The van der Waals surface area contributed by atoms with Crippen LogP contribution in [0.1, 0.15) is 27.4 Å². The smallest absolute Gasteiger partial charge is 0.258 e. The third-order valence-corrected chi connectivity index (χ3v) is 4.26. The summed E-state index contributed by atoms with van der Waals surface area (Å²) in [5.74, 6) is -1.03. The van der Waals surface area contributed by atoms with E-state index in [1.807, 2.05) is 13.8 Å². The van der Waals surface area contributed by atoms with Crippen molar-refractivity contribution >= 4 is 11.6 Å². The van der Waals surface area contributed by atoms with Crippen LogP contribution < -0.4 is 9.64 Å². The van der Waals surface area contributed by atoms with Crippen molar-refractivity contribution in [3.8, 4) is 5.75 Å². The van der Waals surface area contributed by atoms with E-state index in [4.69, 9.17) is 9.26 Å². The fraction of sp³-hybridized carbons (Fsp3) is 0.200. The molecule has 0 radical (unpaired) electrons. The zero-order valence-corrected chi connectivity index (χ0v) is 15.1. The number of halogens is 2. The van der Waals surface area contributed by atoms with Crippen molar-refractivity contribution in [3.63, 3.8) is 0 Å². The Balaban J connectivity index is 1.68. The van der Waals surface area contributed by atoms with Crippen molar-refractivity contribution in [3.05, 3.63) is 76.7 Å². The average Bonchev–Trinajstić information content (AvgIpc) is 2.99. The number of rotatable bonds is 5. The van der Waals surface area contributed by atoms with E-state index in [1.54, 1.807) is 24.3 Å². The zero-order chi connectivity index (χ0) is 19.6. The average molecular weight is 372 g/mol. The molecule has 27 heavy (non-hydrogen) atoms. The molecule has 0 saturated heterocycles. The Morgan fingerprint density at radius 2 is 1.81 bits per heavy atom. The number of amides is 1. The molecule has 0 atom stereocenters. The van der Waals surface area contributed by atoms with Gasteiger partial charge in [-0.1, -0.05) is 5.16 Å². The number of aromatic nitrogens is 1. The van der Waals surface area contributed by atoms with E-state index < -0.39 is 11.6 Å². The number of anilines is 1. The minimum atomic E-state index is -1.00. The summed E-state index contributed by atoms with van der Waals surface area (Å²) in [6, 6.07) is 9.88. The van der Waals surface area contributed by atoms with Gasteiger partial charge in [-0.2, -0.15) is 0 Å². The predicted octanol–water partition coefficient (Wildman–Crippen LogP) is 4.43. The van der Waals surface area contributed by atoms with E-state index in [9.17, 15) is 13.6 Å². The standard InChI is InChI=1S/C20H18F2N2O3/c1-12-17(13(2)27-23-12)11-26-16-7-4-14(5-8-16)20(25)24(3)15-6-9-18(21)19(22)10-15/h4-10H,11H2,1-3H3. The number of ether oxygens (including phenoxy) is 1. The lowest BCUT2D eigenvalue weighted by molar-refractivity contribution is 0.0993. The van der Waals surface area contributed by atoms with E-state index in [0.717, 1.165) is 23.4 Å². The molecule has 1 aromatic heterocycles. The first-order valence-corrected chi connectivity index (χ1v) is 8.24. The molecule has 0 spiro atoms. The van der Waals surface area contributed by atoms with Crippen LogP contribution in [0.4, 0.5) is 14.5 Å². The van der Waals surface area contributed by atoms with Crippen molar-refractivity contribution in [1.82, 2.24) is 5.16 Å². The second kappa shape index (κ2) is 7.57. The summed E-state index contributed by atoms with van der Waals surface area (Å²) in [5.41, 5.74) is 2.31. The number of carbonyl (C=O) groups excluding carboxylic acids is 1. The molecule has 0 aliphatic carbocycles. The minimum absolute atomic E-state index is 0.262. The molecular formula is C20H18F2N2O3. The van der Waals surface area contributed by atoms with Gasteiger partial charge in [-0.25, -0.2) is 8.78 Å². The summed E-state index contributed by atoms with van der Waals surface area (Å²) in [7, 11) is 1.50. The Hall–Kier alpha value is -3.22. The van der Waals surface area contributed by atoms with Crippen molar-refractivity contribution in [2.75, 3.05) is 11.9 Å². The lowest BCUT2D eigenvalue weighted by Crippen LogP contribution is -2.26. The zero-order valence-electron chi connectivity index (χ0n) is 15.1. The first kappa shape index (κ1) is 18.6. The number of aryl methyl sites for hydroxylation is 2. The third-order valence-electron chi connectivity index (χ3n) is 4.26. The van der Waals surface area contributed by atoms with Gasteiger partial charge in [0, 0.05) is 24.4 Å². The summed E-state index contributed by atoms with van der Waals surface area (Å²) in [6.07, 6.45) is 0. The van der Waals surface area contributed by atoms with Crippen molar-refractivity contribution in [2.45, 2.75) is 20.5 Å². The van der Waals surface area contributed by atoms with Crippen molar-refractivity contribution in [2.24, 2.45) is 0 Å². The van der Waals surface area contributed by atoms with Gasteiger partial charge < -0.3 is 14.2 Å². The maximum Gasteiger partial charge on any atom is 0.258 e. The first-order valence-electron chi connectivity index (χ1n) is 8.24. The minimum Gasteiger partial charge on any atom is -0.489 e. The highest BCUT2D eigenvalue weighted by Gasteiger charge is 2.16. The van der Waals surface area contributed by atoms with Crippen molar-refractivity contribution in [1.29, 1.82) is 0 Å². The van der Waals surface area contributed by atoms with E-state index in [1.165, 1.54) is 18.0 Å². The Kier molecular flexibility index (Phi) is 5.21. The summed E-state index contributed by atoms with van der Waals surface area (Å²) in [6.45, 7) is 3.96. The van der Waals surface area contributed by atoms with Gasteiger partial charge in [0.05, 0.1) is 11.3 Å². The largest absolute Gasteiger partial charge is 0.489 e. The molecule has 5 nitrogen and oxygen atoms in total. The SMILES string of the molecule is Cc1noc(C)c1COc1ccc(C(=O)N(C)c2ccc(F)c(F)c2)cc1. The molecule has 1 heterocycles. The van der Waals surface area contributed by atoms with Gasteiger partial charge in [0.1, 0.15) is 18.1 Å². The van der Waals surface area contributed by atoms with E-state index in [0.29, 0.717) is 23.7 Å². The highest BCUT2D eigenvalue weighted by atomic mass is 19.2. The molecule has 1 amide bonds. The second-order valence-electron chi connectivity index (χ2n) is 6.08. The second-order valence-corrected chi connectivity index (χ2v) is 6.08. The summed E-state index contributed by atoms with van der Waals surface area (Å²) in [4.78, 5) is 13.8. The van der Waals surface area contributed by atoms with Crippen LogP contribution in [-0.2, 0) is 6.61 Å². The molecule has 0 saturated carbocycles. The van der Waals surface area contributed by atoms with Crippen LogP contribution in [0.3, 0.4) is 0 Å². The van der Waals surface area contributed by atoms with Crippen LogP contribution in [0.2, 0.25) is 0 Å². The summed E-state index contributed by atoms with van der Waals surface area (Å²) >= 11 is 0. The third kappa shape index (κ3) is 3.97. The molecule has 0 unspecified atom stereocenters. The van der Waals surface area contributed by atoms with E-state index in [-0.39, 0.29) is 11.6 Å². The molecule has 0 bridgehead atoms. The fourth-order valence-electron chi connectivity index (χ4n) is 2.56. The van der Waals surface area contributed by atoms with Gasteiger partial charge in [-0.15, -0.1) is 0 Å². The van der Waals surface area contributed by atoms with Gasteiger partial charge in [0.25, 0.3) is 5.91 Å². The van der Waals surface area contributed by atoms with Crippen LogP contribution in [0, 0.1) is 25.5 Å². The number of benzene rings is 2. The molecule has 0 fully saturated rings. The molecule has 0 aliphatic heterocycles. The molecule has 2 aromatic carbocycles. The van der Waals surface area contributed by atoms with Gasteiger partial charge in [0.2, 0.25) is 0 Å². The molecule has 3 aromatic rings. The van der Waals surface area contributed by atoms with Gasteiger partial charge in [0.15, 0.2) is 11.6 Å². The Morgan fingerprint density at radius 1 is 1.11 bits per heavy atom. The number of nitrogens with zero attached hydrogens (tertiary/aromatic N) is 2. The first-order chi connectivity index (χ1) is 12.9. The summed E-state index contributed by atoms with van der Waals surface area (Å²) < 4.78 is 37.2. The number of carbonyl (C=O) groups is 1. The Labute approximate surface area is 155 Å². The fourth-order valence-corrected chi connectivity index (χ4v) is 2.56. The highest BCUT2D eigenvalue weighted by Crippen LogP contribution is 2.21. The monoisotopic (exact) mass is 372 g/mol. The van der Waals surface area contributed by atoms with Crippen LogP contribution in [-0.4, -0.2) is 18.1 Å². The lowest BCUT2D eigenvalue weighted by Gasteiger charge is -2.18. The highest BCUT2D eigenvalue weighted by molar-refractivity contribution is 6.05. The van der Waals surface area contributed by atoms with Crippen molar-refractivity contribution < 1.29 is 22.8 Å². The predicted molar refractivity (Wildman–Crippen MR) is 95.8 cm³/mol. The van der Waals surface area contributed by atoms with Crippen LogP contribution in [0.15, 0.2) is 47.0 Å². The maximum atomic E-state index is 13.4. The van der Waals surface area contributed by atoms with Gasteiger partial charge in [-0.05, 0) is 50.2 Å². The summed E-state index contributed by atoms with van der Waals surface area (Å²) in [5, 5.41) is 3.87. The van der Waals surface area contributed by atoms with Gasteiger partial charge in [-0.3, -0.25) is 4.79 Å². The van der Waals surface area contributed by atoms with Crippen LogP contribution in [0.25, 0.3) is 0 Å². The Morgan fingerprint density at radius 3 is 2.41 bits per heavy atom. The van der Waals surface area contributed by atoms with E-state index >= 15 is 0 Å². The molecule has 0 N–H and O–H groups in total. The number of hydrogen-bond donors (Lipinski definition) is 0. The number of hydrogen-bond acceptors (Lipinski definition) is 4.